The van der Waals surface area contributed by atoms with Gasteiger partial charge in [-0.15, -0.1) is 0 Å². The van der Waals surface area contributed by atoms with Crippen LogP contribution in [0.5, 0.6) is 0 Å². The summed E-state index contributed by atoms with van der Waals surface area (Å²) < 4.78 is 27.3. The van der Waals surface area contributed by atoms with Gasteiger partial charge in [-0.2, -0.15) is 0 Å². The normalized spacial score (nSPS) is 11.7. The van der Waals surface area contributed by atoms with Crippen molar-refractivity contribution in [3.05, 3.63) is 71.8 Å². The Labute approximate surface area is 204 Å². The number of nitrogens with zero attached hydrogens (tertiary/aromatic N) is 4. The van der Waals surface area contributed by atoms with Crippen LogP contribution in [0.4, 0.5) is 5.13 Å². The van der Waals surface area contributed by atoms with Gasteiger partial charge in [-0.25, -0.2) is 18.4 Å². The Morgan fingerprint density at radius 3 is 2.59 bits per heavy atom. The van der Waals surface area contributed by atoms with E-state index in [0.717, 1.165) is 39.9 Å². The molecule has 0 bridgehead atoms. The highest BCUT2D eigenvalue weighted by atomic mass is 32.2. The first-order chi connectivity index (χ1) is 16.3. The third-order valence-corrected chi connectivity index (χ3v) is 8.70. The second kappa shape index (κ2) is 10.1. The highest BCUT2D eigenvalue weighted by Gasteiger charge is 2.21. The highest BCUT2D eigenvalue weighted by molar-refractivity contribution is 7.91. The van der Waals surface area contributed by atoms with E-state index >= 15 is 0 Å². The number of carbonyl (C=O) groups is 1. The van der Waals surface area contributed by atoms with Crippen molar-refractivity contribution in [2.45, 2.75) is 45.1 Å². The minimum absolute atomic E-state index is 0.0481. The van der Waals surface area contributed by atoms with Crippen molar-refractivity contribution in [2.24, 2.45) is 0 Å². The van der Waals surface area contributed by atoms with Gasteiger partial charge in [-0.05, 0) is 55.2 Å². The molecule has 0 atom stereocenters. The molecule has 2 aromatic carbocycles. The Morgan fingerprint density at radius 1 is 1.15 bits per heavy atom. The van der Waals surface area contributed by atoms with E-state index in [1.54, 1.807) is 48.6 Å². The molecule has 4 aromatic rings. The second-order valence-corrected chi connectivity index (χ2v) is 11.6. The van der Waals surface area contributed by atoms with Crippen LogP contribution < -0.4 is 4.90 Å². The number of amides is 1. The molecule has 2 aromatic heterocycles. The first-order valence-corrected chi connectivity index (χ1v) is 13.7. The molecule has 2 heterocycles. The summed E-state index contributed by atoms with van der Waals surface area (Å²) in [5.74, 6) is -0.0166. The molecule has 0 saturated heterocycles. The lowest BCUT2D eigenvalue weighted by molar-refractivity contribution is -0.118. The van der Waals surface area contributed by atoms with Crippen molar-refractivity contribution in [3.63, 3.8) is 0 Å². The van der Waals surface area contributed by atoms with Gasteiger partial charge in [0.25, 0.3) is 0 Å². The Hall–Kier alpha value is -3.04. The predicted octanol–water partition coefficient (Wildman–Crippen LogP) is 4.57. The molecule has 0 fully saturated rings. The average Bonchev–Trinajstić information content (AvgIpc) is 3.47. The van der Waals surface area contributed by atoms with Crippen LogP contribution >= 0.6 is 11.3 Å². The summed E-state index contributed by atoms with van der Waals surface area (Å²) in [7, 11) is -3.27. The van der Waals surface area contributed by atoms with Crippen LogP contribution in [-0.2, 0) is 27.6 Å². The molecule has 7 nitrogen and oxygen atoms in total. The lowest BCUT2D eigenvalue weighted by atomic mass is 10.1. The molecular weight excluding hydrogens is 468 g/mol. The Balaban J connectivity index is 1.58. The van der Waals surface area contributed by atoms with E-state index in [9.17, 15) is 13.2 Å². The van der Waals surface area contributed by atoms with Crippen molar-refractivity contribution in [1.29, 1.82) is 0 Å². The van der Waals surface area contributed by atoms with Gasteiger partial charge in [0.2, 0.25) is 5.91 Å². The van der Waals surface area contributed by atoms with E-state index in [-0.39, 0.29) is 23.0 Å². The van der Waals surface area contributed by atoms with E-state index < -0.39 is 9.84 Å². The van der Waals surface area contributed by atoms with Gasteiger partial charge in [0.15, 0.2) is 15.0 Å². The van der Waals surface area contributed by atoms with Gasteiger partial charge in [-0.1, -0.05) is 36.5 Å². The molecule has 9 heteroatoms. The molecule has 0 spiro atoms. The first-order valence-electron chi connectivity index (χ1n) is 11.2. The number of sulfone groups is 1. The summed E-state index contributed by atoms with van der Waals surface area (Å²) in [6.07, 6.45) is 6.34. The van der Waals surface area contributed by atoms with Crippen molar-refractivity contribution in [1.82, 2.24) is 14.5 Å². The summed E-state index contributed by atoms with van der Waals surface area (Å²) in [5.41, 5.74) is 3.96. The Kier molecular flexibility index (Phi) is 7.13. The zero-order chi connectivity index (χ0) is 24.3. The van der Waals surface area contributed by atoms with Gasteiger partial charge in [0, 0.05) is 25.5 Å². The summed E-state index contributed by atoms with van der Waals surface area (Å²) in [4.78, 5) is 24.3. The van der Waals surface area contributed by atoms with Crippen LogP contribution in [0.2, 0.25) is 0 Å². The largest absolute Gasteiger partial charge is 0.337 e. The van der Waals surface area contributed by atoms with Crippen molar-refractivity contribution >= 4 is 42.4 Å². The van der Waals surface area contributed by atoms with Crippen LogP contribution in [0.1, 0.15) is 30.0 Å². The lowest BCUT2D eigenvalue weighted by Gasteiger charge is -2.20. The molecule has 0 aliphatic heterocycles. The Bertz CT molecular complexity index is 1390. The maximum atomic E-state index is 13.4. The smallest absolute Gasteiger partial charge is 0.233 e. The van der Waals surface area contributed by atoms with E-state index in [1.165, 1.54) is 11.3 Å². The quantitative estimate of drug-likeness (QED) is 0.339. The van der Waals surface area contributed by atoms with Gasteiger partial charge in [0.1, 0.15) is 0 Å². The van der Waals surface area contributed by atoms with Crippen molar-refractivity contribution < 1.29 is 13.2 Å². The molecule has 0 radical (unpaired) electrons. The first kappa shape index (κ1) is 24.1. The maximum Gasteiger partial charge on any atom is 0.233 e. The van der Waals surface area contributed by atoms with Crippen LogP contribution in [-0.4, -0.2) is 41.2 Å². The number of anilines is 1. The number of rotatable bonds is 9. The fourth-order valence-corrected chi connectivity index (χ4v) is 5.83. The summed E-state index contributed by atoms with van der Waals surface area (Å²) in [5, 5.41) is 0.685. The van der Waals surface area contributed by atoms with Gasteiger partial charge < -0.3 is 4.57 Å². The monoisotopic (exact) mass is 496 g/mol. The number of hydrogen-bond donors (Lipinski definition) is 0. The third kappa shape index (κ3) is 5.37. The van der Waals surface area contributed by atoms with Gasteiger partial charge in [0.05, 0.1) is 33.6 Å². The van der Waals surface area contributed by atoms with E-state index in [2.05, 4.69) is 18.0 Å². The lowest BCUT2D eigenvalue weighted by Crippen LogP contribution is -2.33. The van der Waals surface area contributed by atoms with Crippen LogP contribution in [0.15, 0.2) is 60.0 Å². The molecule has 0 N–H and O–H groups in total. The minimum Gasteiger partial charge on any atom is -0.337 e. The van der Waals surface area contributed by atoms with Gasteiger partial charge >= 0.3 is 0 Å². The number of fused-ring (bicyclic) bond motifs is 1. The summed E-state index contributed by atoms with van der Waals surface area (Å²) in [6.45, 7) is 7.00. The number of benzene rings is 2. The number of imidazole rings is 1. The summed E-state index contributed by atoms with van der Waals surface area (Å²) in [6, 6.07) is 10.8. The van der Waals surface area contributed by atoms with E-state index in [0.29, 0.717) is 11.7 Å². The van der Waals surface area contributed by atoms with Crippen LogP contribution in [0.3, 0.4) is 0 Å². The zero-order valence-electron chi connectivity index (χ0n) is 19.6. The molecule has 0 aliphatic rings. The summed E-state index contributed by atoms with van der Waals surface area (Å²) >= 11 is 1.53. The molecule has 4 rings (SSSR count). The fourth-order valence-electron chi connectivity index (χ4n) is 3.89. The van der Waals surface area contributed by atoms with E-state index in [4.69, 9.17) is 4.98 Å². The van der Waals surface area contributed by atoms with Crippen LogP contribution in [0.25, 0.3) is 10.2 Å². The van der Waals surface area contributed by atoms with Gasteiger partial charge in [-0.3, -0.25) is 9.69 Å². The highest BCUT2D eigenvalue weighted by Crippen LogP contribution is 2.32. The molecule has 0 unspecified atom stereocenters. The number of hydrogen-bond acceptors (Lipinski definition) is 6. The average molecular weight is 497 g/mol. The predicted molar refractivity (Wildman–Crippen MR) is 136 cm³/mol. The number of aromatic nitrogens is 3. The third-order valence-electron chi connectivity index (χ3n) is 5.72. The molecule has 0 saturated carbocycles. The number of aryl methyl sites for hydroxylation is 3. The fraction of sp³-hybridized carbons (Fsp3) is 0.320. The number of thiazole rings is 1. The Morgan fingerprint density at radius 2 is 1.91 bits per heavy atom. The minimum atomic E-state index is -3.27. The topological polar surface area (TPSA) is 85.2 Å². The molecule has 0 aliphatic carbocycles. The molecule has 34 heavy (non-hydrogen) atoms. The van der Waals surface area contributed by atoms with Crippen molar-refractivity contribution in [3.8, 4) is 0 Å². The van der Waals surface area contributed by atoms with Crippen LogP contribution in [0, 0.1) is 13.8 Å². The van der Waals surface area contributed by atoms with E-state index in [1.807, 2.05) is 23.8 Å². The standard InChI is InChI=1S/C25H28N4O3S2/c1-4-34(31,32)21-8-6-20(7-9-21)16-23(30)29(12-5-11-28-13-10-26-17-28)25-27-22-15-18(2)14-19(3)24(22)33-25/h6-10,13-15,17H,4-5,11-12,16H2,1-3H3. The second-order valence-electron chi connectivity index (χ2n) is 8.35. The SMILES string of the molecule is CCS(=O)(=O)c1ccc(CC(=O)N(CCCn2ccnc2)c2nc3cc(C)cc(C)c3s2)cc1. The molecule has 1 amide bonds. The number of carbonyl (C=O) groups excluding carboxylic acids is 1. The molecular formula is C25H28N4O3S2. The maximum absolute atomic E-state index is 13.4. The van der Waals surface area contributed by atoms with Crippen molar-refractivity contribution in [2.75, 3.05) is 17.2 Å². The zero-order valence-corrected chi connectivity index (χ0v) is 21.2. The molecule has 178 valence electrons.